The Bertz CT molecular complexity index is 1170. The topological polar surface area (TPSA) is 34.9 Å². The maximum atomic E-state index is 12.6. The summed E-state index contributed by atoms with van der Waals surface area (Å²) in [7, 11) is 0. The highest BCUT2D eigenvalue weighted by molar-refractivity contribution is 9.10. The number of aryl methyl sites for hydroxylation is 1. The number of ketones is 1. The van der Waals surface area contributed by atoms with Gasteiger partial charge in [-0.1, -0.05) is 81.3 Å². The molecule has 0 radical (unpaired) electrons. The van der Waals surface area contributed by atoms with Gasteiger partial charge in [0.25, 0.3) is 0 Å². The van der Waals surface area contributed by atoms with Crippen molar-refractivity contribution >= 4 is 45.1 Å². The van der Waals surface area contributed by atoms with Crippen molar-refractivity contribution in [2.45, 2.75) is 12.1 Å². The second kappa shape index (κ2) is 9.21. The average molecular weight is 498 g/mol. The number of hydrogen-bond donors (Lipinski definition) is 0. The maximum absolute atomic E-state index is 12.6. The number of thioether (sulfide) groups is 1. The van der Waals surface area contributed by atoms with Gasteiger partial charge in [-0.15, -0.1) is 0 Å². The van der Waals surface area contributed by atoms with Crippen LogP contribution in [-0.2, 0) is 0 Å². The van der Waals surface area contributed by atoms with Crippen LogP contribution in [0.5, 0.6) is 0 Å². The Morgan fingerprint density at radius 1 is 1.00 bits per heavy atom. The van der Waals surface area contributed by atoms with Gasteiger partial charge in [0.05, 0.1) is 11.4 Å². The summed E-state index contributed by atoms with van der Waals surface area (Å²) < 4.78 is 2.96. The Labute approximate surface area is 193 Å². The Hall–Kier alpha value is -2.34. The molecule has 150 valence electrons. The molecule has 0 spiro atoms. The van der Waals surface area contributed by atoms with E-state index in [-0.39, 0.29) is 5.78 Å². The van der Waals surface area contributed by atoms with E-state index < -0.39 is 0 Å². The summed E-state index contributed by atoms with van der Waals surface area (Å²) in [5.41, 5.74) is 4.74. The standard InChI is InChI=1S/C24H18BrClN2OS/c1-16-2-4-17(5-3-16)22-14-28(21-12-10-20(26)11-13-21)24(27-22)30-15-23(29)18-6-8-19(25)9-7-18/h2-14H,15H2,1H3. The summed E-state index contributed by atoms with van der Waals surface area (Å²) in [6.45, 7) is 2.06. The van der Waals surface area contributed by atoms with Crippen molar-refractivity contribution in [1.29, 1.82) is 0 Å². The molecule has 0 aliphatic carbocycles. The summed E-state index contributed by atoms with van der Waals surface area (Å²) in [4.78, 5) is 17.5. The van der Waals surface area contributed by atoms with E-state index in [2.05, 4.69) is 47.1 Å². The van der Waals surface area contributed by atoms with Gasteiger partial charge in [-0.25, -0.2) is 4.98 Å². The van der Waals surface area contributed by atoms with Crippen molar-refractivity contribution in [2.75, 3.05) is 5.75 Å². The lowest BCUT2D eigenvalue weighted by Gasteiger charge is -2.07. The number of nitrogens with zero attached hydrogens (tertiary/aromatic N) is 2. The molecule has 0 aliphatic rings. The first-order valence-electron chi connectivity index (χ1n) is 9.33. The summed E-state index contributed by atoms with van der Waals surface area (Å²) in [6, 6.07) is 23.3. The minimum absolute atomic E-state index is 0.0649. The molecule has 1 aromatic heterocycles. The van der Waals surface area contributed by atoms with Crippen LogP contribution < -0.4 is 0 Å². The van der Waals surface area contributed by atoms with Crippen LogP contribution in [0.15, 0.2) is 88.6 Å². The predicted molar refractivity (Wildman–Crippen MR) is 128 cm³/mol. The van der Waals surface area contributed by atoms with Crippen LogP contribution in [-0.4, -0.2) is 21.1 Å². The highest BCUT2D eigenvalue weighted by atomic mass is 79.9. The molecule has 0 bridgehead atoms. The maximum Gasteiger partial charge on any atom is 0.173 e. The molecule has 6 heteroatoms. The fourth-order valence-corrected chi connectivity index (χ4v) is 4.24. The number of hydrogen-bond acceptors (Lipinski definition) is 3. The lowest BCUT2D eigenvalue weighted by atomic mass is 10.1. The zero-order chi connectivity index (χ0) is 21.1. The molecule has 1 heterocycles. The molecule has 0 saturated carbocycles. The lowest BCUT2D eigenvalue weighted by molar-refractivity contribution is 0.102. The molecule has 0 amide bonds. The number of carbonyl (C=O) groups is 1. The van der Waals surface area contributed by atoms with Gasteiger partial charge in [-0.3, -0.25) is 9.36 Å². The summed E-state index contributed by atoms with van der Waals surface area (Å²) >= 11 is 10.9. The molecule has 3 nitrogen and oxygen atoms in total. The quantitative estimate of drug-likeness (QED) is 0.208. The first-order valence-corrected chi connectivity index (χ1v) is 11.5. The van der Waals surface area contributed by atoms with Crippen molar-refractivity contribution in [1.82, 2.24) is 9.55 Å². The molecule has 0 atom stereocenters. The van der Waals surface area contributed by atoms with E-state index in [1.54, 1.807) is 0 Å². The third kappa shape index (κ3) is 4.86. The normalized spacial score (nSPS) is 10.9. The minimum atomic E-state index is 0.0649. The molecule has 30 heavy (non-hydrogen) atoms. The average Bonchev–Trinajstić information content (AvgIpc) is 3.18. The fourth-order valence-electron chi connectivity index (χ4n) is 2.96. The minimum Gasteiger partial charge on any atom is -0.294 e. The molecule has 0 unspecified atom stereocenters. The zero-order valence-electron chi connectivity index (χ0n) is 16.2. The Morgan fingerprint density at radius 3 is 2.33 bits per heavy atom. The summed E-state index contributed by atoms with van der Waals surface area (Å²) in [5, 5.41) is 1.44. The van der Waals surface area contributed by atoms with Gasteiger partial charge < -0.3 is 0 Å². The van der Waals surface area contributed by atoms with Gasteiger partial charge in [0.15, 0.2) is 10.9 Å². The van der Waals surface area contributed by atoms with Crippen molar-refractivity contribution in [3.8, 4) is 16.9 Å². The fraction of sp³-hybridized carbons (Fsp3) is 0.0833. The monoisotopic (exact) mass is 496 g/mol. The van der Waals surface area contributed by atoms with Gasteiger partial charge in [0, 0.05) is 32.5 Å². The number of Topliss-reactive ketones (excluding diaryl/α,β-unsaturated/α-hetero) is 1. The number of aromatic nitrogens is 2. The molecule has 0 N–H and O–H groups in total. The molecule has 0 fully saturated rings. The molecule has 0 aliphatic heterocycles. The molecular weight excluding hydrogens is 480 g/mol. The van der Waals surface area contributed by atoms with Crippen LogP contribution in [0, 0.1) is 6.92 Å². The Kier molecular flexibility index (Phi) is 6.42. The van der Waals surface area contributed by atoms with Crippen molar-refractivity contribution in [3.05, 3.63) is 99.6 Å². The smallest absolute Gasteiger partial charge is 0.173 e. The van der Waals surface area contributed by atoms with E-state index in [4.69, 9.17) is 16.6 Å². The van der Waals surface area contributed by atoms with Crippen LogP contribution in [0.2, 0.25) is 5.02 Å². The van der Waals surface area contributed by atoms with Crippen LogP contribution in [0.4, 0.5) is 0 Å². The number of carbonyl (C=O) groups excluding carboxylic acids is 1. The van der Waals surface area contributed by atoms with Crippen LogP contribution in [0.25, 0.3) is 16.9 Å². The Balaban J connectivity index is 1.64. The molecule has 0 saturated heterocycles. The van der Waals surface area contributed by atoms with Gasteiger partial charge in [-0.2, -0.15) is 0 Å². The second-order valence-electron chi connectivity index (χ2n) is 6.84. The second-order valence-corrected chi connectivity index (χ2v) is 9.13. The van der Waals surface area contributed by atoms with Crippen molar-refractivity contribution in [3.63, 3.8) is 0 Å². The SMILES string of the molecule is Cc1ccc(-c2cn(-c3ccc(Cl)cc3)c(SCC(=O)c3ccc(Br)cc3)n2)cc1. The van der Waals surface area contributed by atoms with E-state index >= 15 is 0 Å². The summed E-state index contributed by atoms with van der Waals surface area (Å²) in [6.07, 6.45) is 2.00. The van der Waals surface area contributed by atoms with Gasteiger partial charge in [0.2, 0.25) is 0 Å². The van der Waals surface area contributed by atoms with Gasteiger partial charge in [0.1, 0.15) is 0 Å². The van der Waals surface area contributed by atoms with Crippen LogP contribution in [0.3, 0.4) is 0 Å². The highest BCUT2D eigenvalue weighted by Crippen LogP contribution is 2.28. The highest BCUT2D eigenvalue weighted by Gasteiger charge is 2.15. The van der Waals surface area contributed by atoms with E-state index in [0.717, 1.165) is 26.6 Å². The predicted octanol–water partition coefficient (Wildman–Crippen LogP) is 7.24. The van der Waals surface area contributed by atoms with Gasteiger partial charge >= 0.3 is 0 Å². The molecular formula is C24H18BrClN2OS. The van der Waals surface area contributed by atoms with Crippen LogP contribution in [0.1, 0.15) is 15.9 Å². The summed E-state index contributed by atoms with van der Waals surface area (Å²) in [5.74, 6) is 0.370. The first kappa shape index (κ1) is 20.9. The Morgan fingerprint density at radius 2 is 1.67 bits per heavy atom. The number of benzene rings is 3. The first-order chi connectivity index (χ1) is 14.5. The third-order valence-electron chi connectivity index (χ3n) is 4.62. The lowest BCUT2D eigenvalue weighted by Crippen LogP contribution is -2.04. The molecule has 4 aromatic rings. The van der Waals surface area contributed by atoms with E-state index in [0.29, 0.717) is 16.3 Å². The van der Waals surface area contributed by atoms with E-state index in [9.17, 15) is 4.79 Å². The van der Waals surface area contributed by atoms with E-state index in [1.807, 2.05) is 59.3 Å². The molecule has 4 rings (SSSR count). The number of imidazole rings is 1. The number of rotatable bonds is 6. The van der Waals surface area contributed by atoms with E-state index in [1.165, 1.54) is 17.3 Å². The number of halogens is 2. The third-order valence-corrected chi connectivity index (χ3v) is 6.36. The van der Waals surface area contributed by atoms with Crippen LogP contribution >= 0.6 is 39.3 Å². The van der Waals surface area contributed by atoms with Crippen molar-refractivity contribution < 1.29 is 4.79 Å². The largest absolute Gasteiger partial charge is 0.294 e. The molecule has 3 aromatic carbocycles. The zero-order valence-corrected chi connectivity index (χ0v) is 19.3. The van der Waals surface area contributed by atoms with Crippen molar-refractivity contribution in [2.24, 2.45) is 0 Å². The van der Waals surface area contributed by atoms with Gasteiger partial charge in [-0.05, 0) is 43.3 Å².